The Morgan fingerprint density at radius 2 is 1.65 bits per heavy atom. The first-order valence-electron chi connectivity index (χ1n) is 26.5. The van der Waals surface area contributed by atoms with Crippen molar-refractivity contribution in [2.75, 3.05) is 69.1 Å². The number of aromatic nitrogens is 3. The Labute approximate surface area is 427 Å². The number of piperidine rings is 4. The molecule has 12 rings (SSSR count). The van der Waals surface area contributed by atoms with Crippen molar-refractivity contribution < 1.29 is 37.4 Å². The van der Waals surface area contributed by atoms with E-state index in [9.17, 15) is 19.5 Å². The quantitative estimate of drug-likeness (QED) is 0.0874. The van der Waals surface area contributed by atoms with Gasteiger partial charge in [0, 0.05) is 86.6 Å². The van der Waals surface area contributed by atoms with E-state index >= 15 is 13.2 Å². The molecule has 1 saturated carbocycles. The van der Waals surface area contributed by atoms with Crippen molar-refractivity contribution in [1.82, 2.24) is 40.3 Å². The van der Waals surface area contributed by atoms with Gasteiger partial charge in [0.1, 0.15) is 46.6 Å². The van der Waals surface area contributed by atoms with Crippen LogP contribution in [0.5, 0.6) is 11.8 Å². The molecule has 5 aromatic rings. The third-order valence-corrected chi connectivity index (χ3v) is 17.4. The number of benzene rings is 3. The number of aromatic hydroxyl groups is 1. The highest BCUT2D eigenvalue weighted by Crippen LogP contribution is 2.52. The number of pyridine rings is 1. The predicted molar refractivity (Wildman–Crippen MR) is 273 cm³/mol. The van der Waals surface area contributed by atoms with Crippen LogP contribution in [0.4, 0.5) is 24.7 Å². The number of amides is 3. The predicted octanol–water partition coefficient (Wildman–Crippen LogP) is 6.60. The van der Waals surface area contributed by atoms with Gasteiger partial charge in [-0.3, -0.25) is 29.6 Å². The van der Waals surface area contributed by atoms with Crippen molar-refractivity contribution >= 4 is 50.9 Å². The summed E-state index contributed by atoms with van der Waals surface area (Å²) in [5.41, 5.74) is 1.48. The number of hydrogen-bond donors (Lipinski definition) is 4. The van der Waals surface area contributed by atoms with E-state index in [4.69, 9.17) is 16.1 Å². The second-order valence-electron chi connectivity index (χ2n) is 21.9. The summed E-state index contributed by atoms with van der Waals surface area (Å²) >= 11 is 0. The summed E-state index contributed by atoms with van der Waals surface area (Å²) in [5.74, 6) is 0.735. The third-order valence-electron chi connectivity index (χ3n) is 17.4. The van der Waals surface area contributed by atoms with E-state index < -0.39 is 17.7 Å². The topological polar surface area (TPSA) is 168 Å². The zero-order valence-corrected chi connectivity index (χ0v) is 41.4. The monoisotopic (exact) mass is 1010 g/mol. The Balaban J connectivity index is 0.641. The molecule has 74 heavy (non-hydrogen) atoms. The van der Waals surface area contributed by atoms with E-state index in [1.54, 1.807) is 0 Å². The highest BCUT2D eigenvalue weighted by atomic mass is 19.1. The Bertz CT molecular complexity index is 3070. The minimum absolute atomic E-state index is 0.00128. The van der Waals surface area contributed by atoms with Crippen LogP contribution in [-0.4, -0.2) is 142 Å². The second kappa shape index (κ2) is 19.6. The maximum absolute atomic E-state index is 17.1. The van der Waals surface area contributed by atoms with Crippen LogP contribution in [0.25, 0.3) is 32.9 Å². The summed E-state index contributed by atoms with van der Waals surface area (Å²) < 4.78 is 54.0. The molecule has 2 bridgehead atoms. The zero-order valence-electron chi connectivity index (χ0n) is 41.4. The molecule has 0 radical (unpaired) electrons. The third kappa shape index (κ3) is 9.36. The molecule has 4 N–H and O–H groups in total. The van der Waals surface area contributed by atoms with Gasteiger partial charge in [0.25, 0.3) is 0 Å². The van der Waals surface area contributed by atoms with Gasteiger partial charge in [0.15, 0.2) is 5.82 Å². The molecule has 3 atom stereocenters. The van der Waals surface area contributed by atoms with Crippen LogP contribution in [0, 0.1) is 35.2 Å². The van der Waals surface area contributed by atoms with Crippen LogP contribution in [-0.2, 0) is 14.4 Å². The van der Waals surface area contributed by atoms with Crippen LogP contribution < -0.4 is 25.6 Å². The van der Waals surface area contributed by atoms with Gasteiger partial charge in [-0.05, 0) is 136 Å². The summed E-state index contributed by atoms with van der Waals surface area (Å²) in [5, 5.41) is 20.9. The lowest BCUT2D eigenvalue weighted by atomic mass is 9.59. The number of phenols is 1. The van der Waals surface area contributed by atoms with E-state index in [2.05, 4.69) is 46.5 Å². The van der Waals surface area contributed by atoms with Gasteiger partial charge in [0.2, 0.25) is 17.7 Å². The molecule has 3 unspecified atom stereocenters. The number of phenolic OH excluding ortho intramolecular Hbond substituents is 1. The average molecular weight is 1010 g/mol. The first-order chi connectivity index (χ1) is 35.9. The van der Waals surface area contributed by atoms with Crippen LogP contribution in [0.15, 0.2) is 48.7 Å². The number of anilines is 2. The minimum Gasteiger partial charge on any atom is -0.508 e. The molecule has 3 amide bonds. The number of hydrogen-bond acceptors (Lipinski definition) is 13. The van der Waals surface area contributed by atoms with Gasteiger partial charge in [-0.1, -0.05) is 18.1 Å². The van der Waals surface area contributed by atoms with Crippen LogP contribution in [0.2, 0.25) is 0 Å². The Hall–Kier alpha value is -6.55. The van der Waals surface area contributed by atoms with E-state index in [1.165, 1.54) is 36.5 Å². The number of piperazine rings is 1. The van der Waals surface area contributed by atoms with Crippen LogP contribution in [0.1, 0.15) is 94.1 Å². The largest absolute Gasteiger partial charge is 0.508 e. The normalized spacial score (nSPS) is 24.1. The maximum atomic E-state index is 17.1. The highest BCUT2D eigenvalue weighted by molar-refractivity contribution is 6.03. The Kier molecular flexibility index (Phi) is 12.8. The molecule has 18 heteroatoms. The number of carbonyl (C=O) groups is 3. The average Bonchev–Trinajstić information content (AvgIpc) is 3.74. The van der Waals surface area contributed by atoms with Gasteiger partial charge in [-0.15, -0.1) is 6.42 Å². The zero-order chi connectivity index (χ0) is 50.8. The van der Waals surface area contributed by atoms with Gasteiger partial charge in [-0.25, -0.2) is 13.2 Å². The summed E-state index contributed by atoms with van der Waals surface area (Å²) in [6.45, 7) is 6.36. The molecule has 1 aliphatic carbocycles. The molecule has 386 valence electrons. The fourth-order valence-corrected chi connectivity index (χ4v) is 13.2. The summed E-state index contributed by atoms with van der Waals surface area (Å²) in [6.07, 6.45) is 17.1. The lowest BCUT2D eigenvalue weighted by Crippen LogP contribution is -2.57. The van der Waals surface area contributed by atoms with Gasteiger partial charge >= 0.3 is 6.01 Å². The summed E-state index contributed by atoms with van der Waals surface area (Å²) in [6, 6.07) is 11.2. The number of ether oxygens (including phenoxy) is 1. The van der Waals surface area contributed by atoms with E-state index in [1.807, 2.05) is 17.0 Å². The van der Waals surface area contributed by atoms with Crippen LogP contribution in [0.3, 0.4) is 0 Å². The number of nitrogens with zero attached hydrogens (tertiary/aromatic N) is 7. The van der Waals surface area contributed by atoms with E-state index in [0.717, 1.165) is 83.1 Å². The van der Waals surface area contributed by atoms with Crippen molar-refractivity contribution in [2.45, 2.75) is 113 Å². The molecule has 7 aliphatic rings. The van der Waals surface area contributed by atoms with E-state index in [0.29, 0.717) is 80.3 Å². The number of rotatable bonds is 10. The Morgan fingerprint density at radius 3 is 2.36 bits per heavy atom. The number of nitrogens with one attached hydrogen (secondary N) is 3. The second-order valence-corrected chi connectivity index (χ2v) is 21.9. The summed E-state index contributed by atoms with van der Waals surface area (Å²) in [4.78, 5) is 60.5. The lowest BCUT2D eigenvalue weighted by molar-refractivity contribution is -0.138. The van der Waals surface area contributed by atoms with Crippen molar-refractivity contribution in [2.24, 2.45) is 5.41 Å². The van der Waals surface area contributed by atoms with Crippen molar-refractivity contribution in [3.05, 3.63) is 77.2 Å². The molecule has 6 saturated heterocycles. The van der Waals surface area contributed by atoms with Crippen molar-refractivity contribution in [3.8, 4) is 35.4 Å². The van der Waals surface area contributed by atoms with Crippen molar-refractivity contribution in [3.63, 3.8) is 0 Å². The molecular weight excluding hydrogens is 950 g/mol. The first-order valence-corrected chi connectivity index (χ1v) is 26.5. The van der Waals surface area contributed by atoms with Gasteiger partial charge in [-0.2, -0.15) is 9.97 Å². The van der Waals surface area contributed by atoms with Crippen LogP contribution >= 0.6 is 0 Å². The number of halogens is 3. The van der Waals surface area contributed by atoms with Gasteiger partial charge in [0.05, 0.1) is 17.5 Å². The number of carbonyl (C=O) groups excluding carboxylic acids is 3. The standard InChI is InChI=1S/C56H61F3N10O5/c1-2-40-44(57)8-3-33-23-38(70)25-42(49(33)40)51-50(59)52-43(28-60-51)53(69-29-35-4-5-36(30-69)61-35)65-55(64-52)74-39-13-17-66(18-14-39)31-48(72)68-21-15-56(16-22-68)26-37(27-56)67-19-11-32(12-20-67)41-7-6-34(24-45(41)58)62-46-9-10-47(71)63-54(46)73/h1,3,6-8,23-25,28,32,35-37,39,46,61-62,70H,4-5,9-22,26-27,29-31H2,(H,63,71,73). The molecule has 1 spiro atoms. The maximum Gasteiger partial charge on any atom is 0.319 e. The number of terminal acetylenes is 1. The molecule has 15 nitrogen and oxygen atoms in total. The van der Waals surface area contributed by atoms with Gasteiger partial charge < -0.3 is 35.2 Å². The Morgan fingerprint density at radius 1 is 0.892 bits per heavy atom. The smallest absolute Gasteiger partial charge is 0.319 e. The molecule has 2 aromatic heterocycles. The van der Waals surface area contributed by atoms with Crippen molar-refractivity contribution in [1.29, 1.82) is 0 Å². The minimum atomic E-state index is -0.762. The number of fused-ring (bicyclic) bond motifs is 4. The first kappa shape index (κ1) is 48.4. The molecule has 3 aromatic carbocycles. The molecule has 6 aliphatic heterocycles. The summed E-state index contributed by atoms with van der Waals surface area (Å²) in [7, 11) is 0. The van der Waals surface area contributed by atoms with E-state index in [-0.39, 0.29) is 99.0 Å². The highest BCUT2D eigenvalue weighted by Gasteiger charge is 2.49. The number of imide groups is 1. The number of likely N-dealkylation sites (tertiary alicyclic amines) is 3. The molecule has 8 heterocycles. The lowest BCUT2D eigenvalue weighted by Gasteiger charge is -2.56. The molecule has 7 fully saturated rings. The fourth-order valence-electron chi connectivity index (χ4n) is 13.2. The molecular formula is C56H61F3N10O5. The fraction of sp³-hybridized carbons (Fsp3) is 0.500. The SMILES string of the molecule is C#Cc1c(F)ccc2cc(O)cc(-c3ncc4c(N5CC6CCC(C5)N6)nc(OC5CCN(CC(=O)N6CCC7(CC6)CC(N6CCC(c8ccc(NC9CCC(=O)NC9=O)cc8F)CC6)C7)CC5)nc4c3F)c12.